The van der Waals surface area contributed by atoms with E-state index in [1.165, 1.54) is 127 Å². The SMILES string of the molecule is Oc1c(C2CCCCCCCCC2)cccc1C1CCCCCCCCC1. The summed E-state index contributed by atoms with van der Waals surface area (Å²) in [5.41, 5.74) is 2.54. The molecular weight excluding hydrogens is 328 g/mol. The van der Waals surface area contributed by atoms with Crippen LogP contribution in [-0.4, -0.2) is 5.11 Å². The Labute approximate surface area is 168 Å². The number of para-hydroxylation sites is 1. The van der Waals surface area contributed by atoms with Crippen LogP contribution in [0, 0.1) is 0 Å². The molecule has 1 nitrogen and oxygen atoms in total. The first-order valence-corrected chi connectivity index (χ1v) is 12.2. The third-order valence-electron chi connectivity index (χ3n) is 7.19. The molecule has 2 fully saturated rings. The minimum absolute atomic E-state index is 0.572. The topological polar surface area (TPSA) is 20.2 Å². The van der Waals surface area contributed by atoms with Crippen molar-refractivity contribution in [1.82, 2.24) is 0 Å². The molecule has 2 aliphatic carbocycles. The van der Waals surface area contributed by atoms with Gasteiger partial charge in [0.2, 0.25) is 0 Å². The first-order valence-electron chi connectivity index (χ1n) is 12.2. The summed E-state index contributed by atoms with van der Waals surface area (Å²) >= 11 is 0. The number of phenolic OH excluding ortho intramolecular Hbond substituents is 1. The van der Waals surface area contributed by atoms with E-state index in [1.807, 2.05) is 0 Å². The van der Waals surface area contributed by atoms with E-state index in [2.05, 4.69) is 18.2 Å². The van der Waals surface area contributed by atoms with Crippen LogP contribution in [0.4, 0.5) is 0 Å². The van der Waals surface area contributed by atoms with E-state index in [9.17, 15) is 5.11 Å². The summed E-state index contributed by atoms with van der Waals surface area (Å²) in [4.78, 5) is 0. The van der Waals surface area contributed by atoms with Crippen molar-refractivity contribution in [2.45, 2.75) is 127 Å². The van der Waals surface area contributed by atoms with Crippen LogP contribution < -0.4 is 0 Å². The van der Waals surface area contributed by atoms with E-state index in [0.717, 1.165) is 0 Å². The average Bonchev–Trinajstić information content (AvgIpc) is 2.70. The Hall–Kier alpha value is -0.980. The smallest absolute Gasteiger partial charge is 0.122 e. The van der Waals surface area contributed by atoms with Crippen molar-refractivity contribution in [3.63, 3.8) is 0 Å². The van der Waals surface area contributed by atoms with Gasteiger partial charge in [-0.05, 0) is 48.6 Å². The van der Waals surface area contributed by atoms with Crippen molar-refractivity contribution in [1.29, 1.82) is 0 Å². The lowest BCUT2D eigenvalue weighted by Crippen LogP contribution is -2.06. The van der Waals surface area contributed by atoms with Crippen molar-refractivity contribution in [3.05, 3.63) is 29.3 Å². The highest BCUT2D eigenvalue weighted by Gasteiger charge is 2.22. The predicted octanol–water partition coefficient (Wildman–Crippen LogP) is 8.61. The zero-order valence-corrected chi connectivity index (χ0v) is 17.6. The molecule has 1 aromatic carbocycles. The molecule has 0 aromatic heterocycles. The van der Waals surface area contributed by atoms with E-state index < -0.39 is 0 Å². The van der Waals surface area contributed by atoms with E-state index in [1.54, 1.807) is 0 Å². The molecule has 2 aliphatic rings. The molecule has 0 atom stereocenters. The molecule has 152 valence electrons. The highest BCUT2D eigenvalue weighted by atomic mass is 16.3. The van der Waals surface area contributed by atoms with Crippen molar-refractivity contribution in [3.8, 4) is 5.75 Å². The maximum atomic E-state index is 11.3. The lowest BCUT2D eigenvalue weighted by molar-refractivity contribution is 0.409. The molecule has 0 radical (unpaired) electrons. The molecule has 0 aliphatic heterocycles. The van der Waals surface area contributed by atoms with E-state index >= 15 is 0 Å². The highest BCUT2D eigenvalue weighted by Crippen LogP contribution is 2.41. The van der Waals surface area contributed by atoms with Crippen LogP contribution in [0.25, 0.3) is 0 Å². The average molecular weight is 371 g/mol. The van der Waals surface area contributed by atoms with E-state index in [4.69, 9.17) is 0 Å². The van der Waals surface area contributed by atoms with Crippen LogP contribution in [0.2, 0.25) is 0 Å². The Kier molecular flexibility index (Phi) is 9.04. The first kappa shape index (κ1) is 20.7. The van der Waals surface area contributed by atoms with Crippen LogP contribution in [0.1, 0.15) is 139 Å². The summed E-state index contributed by atoms with van der Waals surface area (Å²) in [5, 5.41) is 11.3. The molecule has 0 heterocycles. The van der Waals surface area contributed by atoms with Crippen LogP contribution >= 0.6 is 0 Å². The Balaban J connectivity index is 1.74. The van der Waals surface area contributed by atoms with Crippen molar-refractivity contribution in [2.24, 2.45) is 0 Å². The summed E-state index contributed by atoms with van der Waals surface area (Å²) in [7, 11) is 0. The maximum absolute atomic E-state index is 11.3. The molecule has 1 aromatic rings. The number of phenols is 1. The van der Waals surface area contributed by atoms with Crippen molar-refractivity contribution < 1.29 is 5.11 Å². The summed E-state index contributed by atoms with van der Waals surface area (Å²) in [6.07, 6.45) is 24.3. The fourth-order valence-corrected chi connectivity index (χ4v) is 5.48. The van der Waals surface area contributed by atoms with Crippen LogP contribution in [0.5, 0.6) is 5.75 Å². The van der Waals surface area contributed by atoms with Gasteiger partial charge in [-0.2, -0.15) is 0 Å². The van der Waals surface area contributed by atoms with Crippen LogP contribution in [-0.2, 0) is 0 Å². The van der Waals surface area contributed by atoms with Gasteiger partial charge in [0.1, 0.15) is 5.75 Å². The molecule has 2 saturated carbocycles. The molecule has 0 spiro atoms. The van der Waals surface area contributed by atoms with Gasteiger partial charge < -0.3 is 5.11 Å². The molecule has 0 unspecified atom stereocenters. The van der Waals surface area contributed by atoms with Crippen molar-refractivity contribution in [2.75, 3.05) is 0 Å². The normalized spacial score (nSPS) is 23.0. The number of hydrogen-bond acceptors (Lipinski definition) is 1. The van der Waals surface area contributed by atoms with Crippen molar-refractivity contribution >= 4 is 0 Å². The third-order valence-corrected chi connectivity index (χ3v) is 7.19. The van der Waals surface area contributed by atoms with Crippen LogP contribution in [0.15, 0.2) is 18.2 Å². The molecule has 3 rings (SSSR count). The number of rotatable bonds is 2. The van der Waals surface area contributed by atoms with Gasteiger partial charge in [0.05, 0.1) is 0 Å². The number of aromatic hydroxyl groups is 1. The van der Waals surface area contributed by atoms with Gasteiger partial charge in [0.25, 0.3) is 0 Å². The first-order chi connectivity index (χ1) is 13.4. The minimum atomic E-state index is 0.572. The highest BCUT2D eigenvalue weighted by molar-refractivity contribution is 5.44. The second kappa shape index (κ2) is 11.8. The largest absolute Gasteiger partial charge is 0.507 e. The van der Waals surface area contributed by atoms with Crippen LogP contribution in [0.3, 0.4) is 0 Å². The Morgan fingerprint density at radius 1 is 0.481 bits per heavy atom. The molecule has 0 saturated heterocycles. The van der Waals surface area contributed by atoms with Gasteiger partial charge in [0, 0.05) is 0 Å². The molecule has 1 N–H and O–H groups in total. The Morgan fingerprint density at radius 2 is 0.778 bits per heavy atom. The summed E-state index contributed by atoms with van der Waals surface area (Å²) in [6, 6.07) is 6.70. The maximum Gasteiger partial charge on any atom is 0.122 e. The predicted molar refractivity (Wildman–Crippen MR) is 117 cm³/mol. The van der Waals surface area contributed by atoms with Gasteiger partial charge in [-0.3, -0.25) is 0 Å². The standard InChI is InChI=1S/C26H42O/c27-26-24(22-16-11-7-3-1-4-8-12-17-22)20-15-21-25(26)23-18-13-9-5-2-6-10-14-19-23/h15,20-23,27H,1-14,16-19H2. The summed E-state index contributed by atoms with van der Waals surface area (Å²) in [5.74, 6) is 1.81. The second-order valence-corrected chi connectivity index (χ2v) is 9.28. The molecule has 0 bridgehead atoms. The molecule has 1 heteroatoms. The molecule has 0 amide bonds. The number of benzene rings is 1. The quantitative estimate of drug-likeness (QED) is 0.552. The van der Waals surface area contributed by atoms with Gasteiger partial charge >= 0.3 is 0 Å². The van der Waals surface area contributed by atoms with Gasteiger partial charge in [-0.15, -0.1) is 0 Å². The fraction of sp³-hybridized carbons (Fsp3) is 0.769. The van der Waals surface area contributed by atoms with E-state index in [0.29, 0.717) is 17.6 Å². The zero-order valence-electron chi connectivity index (χ0n) is 17.6. The monoisotopic (exact) mass is 370 g/mol. The molecular formula is C26H42O. The summed E-state index contributed by atoms with van der Waals surface area (Å²) in [6.45, 7) is 0. The van der Waals surface area contributed by atoms with Gasteiger partial charge in [0.15, 0.2) is 0 Å². The van der Waals surface area contributed by atoms with Gasteiger partial charge in [-0.25, -0.2) is 0 Å². The van der Waals surface area contributed by atoms with Gasteiger partial charge in [-0.1, -0.05) is 108 Å². The lowest BCUT2D eigenvalue weighted by atomic mass is 9.81. The fourth-order valence-electron chi connectivity index (χ4n) is 5.48. The second-order valence-electron chi connectivity index (χ2n) is 9.28. The third kappa shape index (κ3) is 6.54. The van der Waals surface area contributed by atoms with E-state index in [-0.39, 0.29) is 0 Å². The molecule has 27 heavy (non-hydrogen) atoms. The minimum Gasteiger partial charge on any atom is -0.507 e. The Bertz CT molecular complexity index is 471. The number of hydrogen-bond donors (Lipinski definition) is 1. The Morgan fingerprint density at radius 3 is 1.11 bits per heavy atom. The lowest BCUT2D eigenvalue weighted by Gasteiger charge is -2.25. The summed E-state index contributed by atoms with van der Waals surface area (Å²) < 4.78 is 0. The zero-order chi connectivity index (χ0) is 18.7.